The molecule has 0 unspecified atom stereocenters. The van der Waals surface area contributed by atoms with Crippen molar-refractivity contribution >= 4 is 11.4 Å². The van der Waals surface area contributed by atoms with Gasteiger partial charge in [-0.3, -0.25) is 0 Å². The molecule has 3 heteroatoms. The third kappa shape index (κ3) is 3.50. The highest BCUT2D eigenvalue weighted by atomic mass is 16.3. The molecule has 0 spiro atoms. The number of rotatable bonds is 4. The van der Waals surface area contributed by atoms with E-state index in [0.717, 1.165) is 17.9 Å². The van der Waals surface area contributed by atoms with Crippen molar-refractivity contribution in [2.45, 2.75) is 6.54 Å². The van der Waals surface area contributed by atoms with Gasteiger partial charge in [0.2, 0.25) is 0 Å². The third-order valence-electron chi connectivity index (χ3n) is 2.61. The van der Waals surface area contributed by atoms with Crippen LogP contribution in [0.4, 0.5) is 11.4 Å². The number of nitrogens with one attached hydrogen (secondary N) is 1. The molecule has 18 heavy (non-hydrogen) atoms. The SMILES string of the molecule is CN(C)Cc1ccc(Nc2ccc(O)cc2)cc1. The fourth-order valence-corrected chi connectivity index (χ4v) is 1.77. The zero-order valence-electron chi connectivity index (χ0n) is 10.7. The molecule has 2 aromatic carbocycles. The average Bonchev–Trinajstić information content (AvgIpc) is 2.34. The number of benzene rings is 2. The van der Waals surface area contributed by atoms with E-state index < -0.39 is 0 Å². The van der Waals surface area contributed by atoms with E-state index in [1.54, 1.807) is 12.1 Å². The molecule has 0 aliphatic carbocycles. The minimum atomic E-state index is 0.280. The second kappa shape index (κ2) is 5.56. The highest BCUT2D eigenvalue weighted by Crippen LogP contribution is 2.19. The van der Waals surface area contributed by atoms with Crippen molar-refractivity contribution in [3.63, 3.8) is 0 Å². The summed E-state index contributed by atoms with van der Waals surface area (Å²) >= 11 is 0. The Labute approximate surface area is 108 Å². The number of phenols is 1. The molecule has 2 N–H and O–H groups in total. The van der Waals surface area contributed by atoms with Crippen LogP contribution in [-0.4, -0.2) is 24.1 Å². The van der Waals surface area contributed by atoms with Crippen LogP contribution in [0.25, 0.3) is 0 Å². The number of nitrogens with zero attached hydrogens (tertiary/aromatic N) is 1. The van der Waals surface area contributed by atoms with E-state index in [-0.39, 0.29) is 5.75 Å². The molecule has 0 fully saturated rings. The molecule has 0 saturated heterocycles. The Hall–Kier alpha value is -2.00. The van der Waals surface area contributed by atoms with Gasteiger partial charge in [-0.25, -0.2) is 0 Å². The first kappa shape index (κ1) is 12.5. The average molecular weight is 242 g/mol. The van der Waals surface area contributed by atoms with Crippen molar-refractivity contribution in [2.24, 2.45) is 0 Å². The zero-order chi connectivity index (χ0) is 13.0. The summed E-state index contributed by atoms with van der Waals surface area (Å²) in [5.74, 6) is 0.280. The summed E-state index contributed by atoms with van der Waals surface area (Å²) in [4.78, 5) is 2.14. The van der Waals surface area contributed by atoms with Gasteiger partial charge in [-0.2, -0.15) is 0 Å². The largest absolute Gasteiger partial charge is 0.508 e. The maximum Gasteiger partial charge on any atom is 0.115 e. The van der Waals surface area contributed by atoms with Gasteiger partial charge >= 0.3 is 0 Å². The third-order valence-corrected chi connectivity index (χ3v) is 2.61. The first-order chi connectivity index (χ1) is 8.63. The van der Waals surface area contributed by atoms with Crippen LogP contribution in [-0.2, 0) is 6.54 Å². The monoisotopic (exact) mass is 242 g/mol. The molecule has 0 aliphatic heterocycles. The number of aromatic hydroxyl groups is 1. The topological polar surface area (TPSA) is 35.5 Å². The van der Waals surface area contributed by atoms with Gasteiger partial charge in [0, 0.05) is 17.9 Å². The highest BCUT2D eigenvalue weighted by Gasteiger charge is 1.97. The normalized spacial score (nSPS) is 10.6. The van der Waals surface area contributed by atoms with E-state index in [0.29, 0.717) is 0 Å². The Kier molecular flexibility index (Phi) is 3.85. The summed E-state index contributed by atoms with van der Waals surface area (Å²) in [7, 11) is 4.12. The smallest absolute Gasteiger partial charge is 0.115 e. The molecule has 0 saturated carbocycles. The minimum absolute atomic E-state index is 0.280. The molecule has 2 aromatic rings. The molecule has 0 heterocycles. The summed E-state index contributed by atoms with van der Waals surface area (Å²) in [6, 6.07) is 15.4. The predicted octanol–water partition coefficient (Wildman–Crippen LogP) is 3.20. The van der Waals surface area contributed by atoms with Crippen molar-refractivity contribution in [1.82, 2.24) is 4.90 Å². The number of phenolic OH excluding ortho intramolecular Hbond substituents is 1. The molecule has 2 rings (SSSR count). The number of hydrogen-bond acceptors (Lipinski definition) is 3. The fraction of sp³-hybridized carbons (Fsp3) is 0.200. The van der Waals surface area contributed by atoms with Gasteiger partial charge in [-0.15, -0.1) is 0 Å². The van der Waals surface area contributed by atoms with Crippen LogP contribution in [0.2, 0.25) is 0 Å². The Morgan fingerprint density at radius 1 is 0.889 bits per heavy atom. The van der Waals surface area contributed by atoms with Crippen molar-refractivity contribution in [2.75, 3.05) is 19.4 Å². The van der Waals surface area contributed by atoms with E-state index in [1.807, 2.05) is 12.1 Å². The summed E-state index contributed by atoms with van der Waals surface area (Å²) in [6.07, 6.45) is 0. The number of anilines is 2. The Balaban J connectivity index is 2.04. The maximum atomic E-state index is 9.21. The van der Waals surface area contributed by atoms with Crippen molar-refractivity contribution in [1.29, 1.82) is 0 Å². The van der Waals surface area contributed by atoms with Crippen molar-refractivity contribution < 1.29 is 5.11 Å². The summed E-state index contributed by atoms with van der Waals surface area (Å²) < 4.78 is 0. The number of hydrogen-bond donors (Lipinski definition) is 2. The van der Waals surface area contributed by atoms with Gasteiger partial charge in [0.25, 0.3) is 0 Å². The lowest BCUT2D eigenvalue weighted by Crippen LogP contribution is -2.10. The summed E-state index contributed by atoms with van der Waals surface area (Å²) in [5.41, 5.74) is 3.30. The van der Waals surface area contributed by atoms with E-state index in [4.69, 9.17) is 0 Å². The standard InChI is InChI=1S/C15H18N2O/c1-17(2)11-12-3-5-13(6-4-12)16-14-7-9-15(18)10-8-14/h3-10,16,18H,11H2,1-2H3. The van der Waals surface area contributed by atoms with Crippen LogP contribution in [0.5, 0.6) is 5.75 Å². The lowest BCUT2D eigenvalue weighted by Gasteiger charge is -2.11. The Morgan fingerprint density at radius 2 is 1.39 bits per heavy atom. The van der Waals surface area contributed by atoms with Gasteiger partial charge in [0.05, 0.1) is 0 Å². The van der Waals surface area contributed by atoms with Gasteiger partial charge in [-0.05, 0) is 56.1 Å². The molecule has 0 radical (unpaired) electrons. The van der Waals surface area contributed by atoms with Gasteiger partial charge in [0.15, 0.2) is 0 Å². The molecular weight excluding hydrogens is 224 g/mol. The lowest BCUT2D eigenvalue weighted by molar-refractivity contribution is 0.402. The molecule has 94 valence electrons. The first-order valence-corrected chi connectivity index (χ1v) is 5.93. The molecule has 0 atom stereocenters. The minimum Gasteiger partial charge on any atom is -0.508 e. The quantitative estimate of drug-likeness (QED) is 0.808. The fourth-order valence-electron chi connectivity index (χ4n) is 1.77. The Bertz CT molecular complexity index is 489. The Morgan fingerprint density at radius 3 is 1.89 bits per heavy atom. The van der Waals surface area contributed by atoms with E-state index in [1.165, 1.54) is 5.56 Å². The summed E-state index contributed by atoms with van der Waals surface area (Å²) in [5, 5.41) is 12.5. The van der Waals surface area contributed by atoms with Gasteiger partial charge in [0.1, 0.15) is 5.75 Å². The highest BCUT2D eigenvalue weighted by molar-refractivity contribution is 5.60. The molecule has 0 aliphatic rings. The lowest BCUT2D eigenvalue weighted by atomic mass is 10.2. The van der Waals surface area contributed by atoms with E-state index in [9.17, 15) is 5.11 Å². The zero-order valence-corrected chi connectivity index (χ0v) is 10.7. The van der Waals surface area contributed by atoms with Crippen LogP contribution in [0.3, 0.4) is 0 Å². The van der Waals surface area contributed by atoms with Crippen LogP contribution < -0.4 is 5.32 Å². The van der Waals surface area contributed by atoms with Crippen LogP contribution in [0.15, 0.2) is 48.5 Å². The second-order valence-corrected chi connectivity index (χ2v) is 4.61. The molecular formula is C15H18N2O. The van der Waals surface area contributed by atoms with Crippen LogP contribution in [0.1, 0.15) is 5.56 Å². The summed E-state index contributed by atoms with van der Waals surface area (Å²) in [6.45, 7) is 0.944. The van der Waals surface area contributed by atoms with Crippen molar-refractivity contribution in [3.8, 4) is 5.75 Å². The van der Waals surface area contributed by atoms with Gasteiger partial charge in [-0.1, -0.05) is 12.1 Å². The molecule has 0 aromatic heterocycles. The molecule has 0 bridgehead atoms. The van der Waals surface area contributed by atoms with Gasteiger partial charge < -0.3 is 15.3 Å². The van der Waals surface area contributed by atoms with Crippen molar-refractivity contribution in [3.05, 3.63) is 54.1 Å². The van der Waals surface area contributed by atoms with Crippen LogP contribution in [0, 0.1) is 0 Å². The molecule has 3 nitrogen and oxygen atoms in total. The van der Waals surface area contributed by atoms with E-state index >= 15 is 0 Å². The predicted molar refractivity (Wildman–Crippen MR) is 75.2 cm³/mol. The maximum absolute atomic E-state index is 9.21. The first-order valence-electron chi connectivity index (χ1n) is 5.93. The van der Waals surface area contributed by atoms with Crippen LogP contribution >= 0.6 is 0 Å². The van der Waals surface area contributed by atoms with E-state index in [2.05, 4.69) is 48.6 Å². The molecule has 0 amide bonds. The second-order valence-electron chi connectivity index (χ2n) is 4.61.